The summed E-state index contributed by atoms with van der Waals surface area (Å²) in [6.45, 7) is 0. The second-order valence-corrected chi connectivity index (χ2v) is 7.40. The summed E-state index contributed by atoms with van der Waals surface area (Å²) in [5.41, 5.74) is 0. The lowest BCUT2D eigenvalue weighted by atomic mass is 10.4. The van der Waals surface area contributed by atoms with Gasteiger partial charge in [0.25, 0.3) is 14.1 Å². The molecule has 13 heteroatoms. The predicted molar refractivity (Wildman–Crippen MR) is 37.5 cm³/mol. The standard InChI is InChI=1S/C3H3F5O6S2/c4-2(5,6)1(3(7,8)9)15(10,11)16(12,13)14/h1,9H,(H,12,13,14). The van der Waals surface area contributed by atoms with E-state index in [2.05, 4.69) is 0 Å². The zero-order chi connectivity index (χ0) is 13.6. The third kappa shape index (κ3) is 2.99. The quantitative estimate of drug-likeness (QED) is 0.421. The van der Waals surface area contributed by atoms with E-state index in [9.17, 15) is 38.8 Å². The highest BCUT2D eigenvalue weighted by atomic mass is 33.2. The van der Waals surface area contributed by atoms with Gasteiger partial charge in [-0.25, -0.2) is 8.42 Å². The van der Waals surface area contributed by atoms with Gasteiger partial charge in [0, 0.05) is 0 Å². The van der Waals surface area contributed by atoms with E-state index in [1.54, 1.807) is 0 Å². The maximum absolute atomic E-state index is 12.0. The minimum Gasteiger partial charge on any atom is -0.335 e. The van der Waals surface area contributed by atoms with Crippen molar-refractivity contribution in [3.63, 3.8) is 0 Å². The molecule has 0 saturated heterocycles. The number of alkyl halides is 5. The van der Waals surface area contributed by atoms with E-state index in [4.69, 9.17) is 9.66 Å². The molecule has 0 heterocycles. The molecule has 0 aromatic carbocycles. The van der Waals surface area contributed by atoms with Gasteiger partial charge < -0.3 is 5.11 Å². The fourth-order valence-electron chi connectivity index (χ4n) is 0.656. The van der Waals surface area contributed by atoms with Crippen molar-refractivity contribution in [1.82, 2.24) is 0 Å². The average Bonchev–Trinajstić information content (AvgIpc) is 1.72. The van der Waals surface area contributed by atoms with Gasteiger partial charge in [0.05, 0.1) is 0 Å². The molecule has 1 unspecified atom stereocenters. The van der Waals surface area contributed by atoms with E-state index in [0.717, 1.165) is 0 Å². The lowest BCUT2D eigenvalue weighted by Crippen LogP contribution is -2.52. The normalized spacial score (nSPS) is 17.2. The van der Waals surface area contributed by atoms with Crippen LogP contribution in [0.15, 0.2) is 0 Å². The van der Waals surface area contributed by atoms with Gasteiger partial charge in [-0.1, -0.05) is 0 Å². The largest absolute Gasteiger partial charge is 0.415 e. The molecule has 0 saturated carbocycles. The number of hydrogen-bond acceptors (Lipinski definition) is 5. The molecule has 2 N–H and O–H groups in total. The first-order chi connectivity index (χ1) is 6.62. The molecule has 0 fully saturated rings. The van der Waals surface area contributed by atoms with Gasteiger partial charge in [-0.05, 0) is 0 Å². The van der Waals surface area contributed by atoms with Crippen LogP contribution in [0, 0.1) is 0 Å². The van der Waals surface area contributed by atoms with E-state index in [-0.39, 0.29) is 0 Å². The monoisotopic (exact) mass is 294 g/mol. The Hall–Kier alpha value is -0.530. The lowest BCUT2D eigenvalue weighted by Gasteiger charge is -2.22. The average molecular weight is 294 g/mol. The van der Waals surface area contributed by atoms with Crippen LogP contribution < -0.4 is 0 Å². The topological polar surface area (TPSA) is 109 Å². The maximum Gasteiger partial charge on any atom is 0.415 e. The van der Waals surface area contributed by atoms with Crippen molar-refractivity contribution in [2.45, 2.75) is 17.5 Å². The molecular formula is C3H3F5O6S2. The number of rotatable bonds is 3. The van der Waals surface area contributed by atoms with Crippen molar-refractivity contribution in [2.75, 3.05) is 0 Å². The van der Waals surface area contributed by atoms with Crippen molar-refractivity contribution in [3.05, 3.63) is 0 Å². The fraction of sp³-hybridized carbons (Fsp3) is 1.00. The third-order valence-corrected chi connectivity index (χ3v) is 5.25. The smallest absolute Gasteiger partial charge is 0.335 e. The number of hydrogen-bond donors (Lipinski definition) is 2. The zero-order valence-electron chi connectivity index (χ0n) is 6.81. The van der Waals surface area contributed by atoms with Gasteiger partial charge in [-0.2, -0.15) is 30.4 Å². The van der Waals surface area contributed by atoms with Gasteiger partial charge in [0.1, 0.15) is 0 Å². The fourth-order valence-corrected chi connectivity index (χ4v) is 2.98. The highest BCUT2D eigenvalue weighted by Gasteiger charge is 2.66. The third-order valence-electron chi connectivity index (χ3n) is 1.19. The highest BCUT2D eigenvalue weighted by Crippen LogP contribution is 2.37. The molecule has 6 nitrogen and oxygen atoms in total. The van der Waals surface area contributed by atoms with Crippen molar-refractivity contribution in [1.29, 1.82) is 0 Å². The van der Waals surface area contributed by atoms with E-state index < -0.39 is 35.6 Å². The Morgan fingerprint density at radius 1 is 0.938 bits per heavy atom. The van der Waals surface area contributed by atoms with Crippen molar-refractivity contribution < 1.29 is 48.4 Å². The first kappa shape index (κ1) is 15.5. The maximum atomic E-state index is 12.0. The van der Waals surface area contributed by atoms with Gasteiger partial charge in [-0.15, -0.1) is 0 Å². The zero-order valence-corrected chi connectivity index (χ0v) is 8.44. The van der Waals surface area contributed by atoms with Crippen molar-refractivity contribution in [2.24, 2.45) is 0 Å². The summed E-state index contributed by atoms with van der Waals surface area (Å²) >= 11 is 0. The van der Waals surface area contributed by atoms with Gasteiger partial charge in [0.15, 0.2) is 0 Å². The minimum atomic E-state index is -6.75. The van der Waals surface area contributed by atoms with Crippen LogP contribution in [-0.4, -0.2) is 44.0 Å². The molecule has 16 heavy (non-hydrogen) atoms. The van der Waals surface area contributed by atoms with Crippen LogP contribution in [0.4, 0.5) is 22.0 Å². The molecule has 0 aliphatic rings. The molecule has 1 atom stereocenters. The minimum absolute atomic E-state index is 4.96. The summed E-state index contributed by atoms with van der Waals surface area (Å²) in [4.78, 5) is 0. The van der Waals surface area contributed by atoms with Crippen molar-refractivity contribution in [3.8, 4) is 0 Å². The molecule has 0 rings (SSSR count). The van der Waals surface area contributed by atoms with Gasteiger partial charge in [0.2, 0.25) is 0 Å². The van der Waals surface area contributed by atoms with Crippen LogP contribution in [0.2, 0.25) is 0 Å². The molecular weight excluding hydrogens is 291 g/mol. The SMILES string of the molecule is O=S(=O)(O)S(=O)(=O)C(C(O)(F)F)C(F)(F)F. The Morgan fingerprint density at radius 3 is 1.31 bits per heavy atom. The number of aliphatic hydroxyl groups is 1. The van der Waals surface area contributed by atoms with Crippen molar-refractivity contribution >= 4 is 18.0 Å². The van der Waals surface area contributed by atoms with Crippen LogP contribution in [0.3, 0.4) is 0 Å². The lowest BCUT2D eigenvalue weighted by molar-refractivity contribution is -0.262. The highest BCUT2D eigenvalue weighted by molar-refractivity contribution is 8.65. The first-order valence-electron chi connectivity index (χ1n) is 3.00. The summed E-state index contributed by atoms with van der Waals surface area (Å²) in [5, 5.41) is 2.75. The summed E-state index contributed by atoms with van der Waals surface area (Å²) < 4.78 is 108. The Morgan fingerprint density at radius 2 is 1.25 bits per heavy atom. The van der Waals surface area contributed by atoms with E-state index >= 15 is 0 Å². The Balaban J connectivity index is 5.99. The van der Waals surface area contributed by atoms with Crippen LogP contribution >= 0.6 is 0 Å². The van der Waals surface area contributed by atoms with Crippen LogP contribution in [-0.2, 0) is 18.0 Å². The molecule has 0 spiro atoms. The summed E-state index contributed by atoms with van der Waals surface area (Å²) in [5.74, 6) is 0. The second kappa shape index (κ2) is 3.75. The van der Waals surface area contributed by atoms with Crippen LogP contribution in [0.5, 0.6) is 0 Å². The molecule has 0 aliphatic heterocycles. The summed E-state index contributed by atoms with van der Waals surface area (Å²) in [6.07, 6.45) is -12.2. The summed E-state index contributed by atoms with van der Waals surface area (Å²) in [6, 6.07) is 0. The Bertz CT molecular complexity index is 439. The molecule has 0 aromatic rings. The molecule has 0 bridgehead atoms. The second-order valence-electron chi connectivity index (χ2n) is 2.43. The van der Waals surface area contributed by atoms with E-state index in [1.807, 2.05) is 0 Å². The van der Waals surface area contributed by atoms with E-state index in [1.165, 1.54) is 0 Å². The first-order valence-corrected chi connectivity index (χ1v) is 6.50. The molecule has 0 amide bonds. The number of halogens is 5. The Kier molecular flexibility index (Phi) is 3.62. The van der Waals surface area contributed by atoms with Gasteiger partial charge in [-0.3, -0.25) is 4.55 Å². The Labute approximate surface area is 84.7 Å². The van der Waals surface area contributed by atoms with Gasteiger partial charge >= 0.3 is 21.4 Å². The molecule has 0 aromatic heterocycles. The van der Waals surface area contributed by atoms with Crippen LogP contribution in [0.1, 0.15) is 0 Å². The van der Waals surface area contributed by atoms with E-state index in [0.29, 0.717) is 0 Å². The predicted octanol–water partition coefficient (Wildman–Crippen LogP) is -0.280. The molecule has 0 radical (unpaired) electrons. The molecule has 0 aliphatic carbocycles. The molecule has 98 valence electrons. The van der Waals surface area contributed by atoms with Crippen LogP contribution in [0.25, 0.3) is 0 Å². The summed E-state index contributed by atoms with van der Waals surface area (Å²) in [7, 11) is -13.2.